The van der Waals surface area contributed by atoms with Crippen molar-refractivity contribution in [2.45, 2.75) is 128 Å². The highest BCUT2D eigenvalue weighted by atomic mass is 19.3. The molecule has 17 heteroatoms. The summed E-state index contributed by atoms with van der Waals surface area (Å²) in [5.41, 5.74) is -7.89. The van der Waals surface area contributed by atoms with Crippen molar-refractivity contribution in [1.82, 2.24) is 5.32 Å². The number of hydrogen-bond donors (Lipinski definition) is 3. The quantitative estimate of drug-likeness (QED) is 0.174. The third-order valence-electron chi connectivity index (χ3n) is 12.2. The van der Waals surface area contributed by atoms with Crippen LogP contribution in [0, 0.1) is 16.7 Å². The summed E-state index contributed by atoms with van der Waals surface area (Å²) in [6, 6.07) is 5.82. The maximum Gasteiger partial charge on any atom is 0.408 e. The highest BCUT2D eigenvalue weighted by Crippen LogP contribution is 2.64. The molecule has 5 rings (SSSR count). The number of carbonyl (C=O) groups excluding carboxylic acids is 5. The fourth-order valence-electron chi connectivity index (χ4n) is 9.43. The molecular formula is C41H53F2NO14. The summed E-state index contributed by atoms with van der Waals surface area (Å²) in [5, 5.41) is 26.7. The maximum absolute atomic E-state index is 15.4. The van der Waals surface area contributed by atoms with Crippen LogP contribution in [0.5, 0.6) is 0 Å². The summed E-state index contributed by atoms with van der Waals surface area (Å²) in [4.78, 5) is 68.8. The summed E-state index contributed by atoms with van der Waals surface area (Å²) in [6.07, 6.45) is -12.9. The van der Waals surface area contributed by atoms with Gasteiger partial charge in [-0.1, -0.05) is 32.0 Å². The fraction of sp³-hybridized carbons (Fsp3) is 0.634. The Bertz CT molecular complexity index is 1860. The summed E-state index contributed by atoms with van der Waals surface area (Å²) in [7, 11) is 2.67. The molecular weight excluding hydrogens is 768 g/mol. The summed E-state index contributed by atoms with van der Waals surface area (Å²) in [6.45, 7) is 11.8. The van der Waals surface area contributed by atoms with E-state index in [4.69, 9.17) is 33.2 Å². The van der Waals surface area contributed by atoms with Gasteiger partial charge in [-0.2, -0.15) is 8.78 Å². The van der Waals surface area contributed by atoms with Gasteiger partial charge in [0.25, 0.3) is 6.08 Å². The molecule has 3 fully saturated rings. The van der Waals surface area contributed by atoms with Crippen LogP contribution in [0.1, 0.15) is 78.6 Å². The van der Waals surface area contributed by atoms with E-state index in [0.717, 1.165) is 0 Å². The third-order valence-corrected chi connectivity index (χ3v) is 12.2. The number of aliphatic hydroxyl groups excluding tert-OH is 1. The van der Waals surface area contributed by atoms with Gasteiger partial charge in [-0.05, 0) is 57.9 Å². The number of ketones is 1. The Balaban J connectivity index is 1.71. The second kappa shape index (κ2) is 16.0. The SMILES string of the molecule is CO[C@H]1C(=O)[C@]2(C)[C@@H](OC)C[C@H]3OC[C@@]3(OC(C)=O)[C@H]2[C@H](OC(=O)c2ccccc2)[C@]2(O)C[C@H](OC(=O)[C@H](O)[C@H](C=C(F)F)NC(=O)OC(C)(C)C)C(C)=C1C2(C)C. The lowest BCUT2D eigenvalue weighted by atomic mass is 9.44. The minimum Gasteiger partial charge on any atom is -0.456 e. The van der Waals surface area contributed by atoms with Crippen molar-refractivity contribution in [1.29, 1.82) is 0 Å². The van der Waals surface area contributed by atoms with Crippen molar-refractivity contribution < 1.29 is 76.1 Å². The van der Waals surface area contributed by atoms with Crippen LogP contribution in [0.2, 0.25) is 0 Å². The Hall–Kier alpha value is -4.29. The van der Waals surface area contributed by atoms with Crippen LogP contribution in [0.25, 0.3) is 0 Å². The molecule has 320 valence electrons. The van der Waals surface area contributed by atoms with Crippen LogP contribution in [0.3, 0.4) is 0 Å². The lowest BCUT2D eigenvalue weighted by molar-refractivity contribution is -0.347. The van der Waals surface area contributed by atoms with Crippen LogP contribution in [0.15, 0.2) is 53.6 Å². The minimum atomic E-state index is -2.43. The lowest BCUT2D eigenvalue weighted by Gasteiger charge is -2.67. The molecule has 1 aliphatic heterocycles. The molecule has 2 bridgehead atoms. The lowest BCUT2D eigenvalue weighted by Crippen LogP contribution is -2.82. The average molecular weight is 822 g/mol. The smallest absolute Gasteiger partial charge is 0.408 e. The van der Waals surface area contributed by atoms with Crippen LogP contribution in [-0.2, 0) is 47.5 Å². The number of methoxy groups -OCH3 is 2. The second-order valence-corrected chi connectivity index (χ2v) is 17.1. The number of fused-ring (bicyclic) bond motifs is 5. The number of hydrogen-bond acceptors (Lipinski definition) is 14. The molecule has 58 heavy (non-hydrogen) atoms. The van der Waals surface area contributed by atoms with E-state index in [-0.39, 0.29) is 35.8 Å². The van der Waals surface area contributed by atoms with Crippen LogP contribution >= 0.6 is 0 Å². The first-order valence-corrected chi connectivity index (χ1v) is 18.9. The zero-order valence-electron chi connectivity index (χ0n) is 34.3. The van der Waals surface area contributed by atoms with E-state index in [0.29, 0.717) is 0 Å². The number of aliphatic hydroxyl groups is 2. The monoisotopic (exact) mass is 821 g/mol. The van der Waals surface area contributed by atoms with E-state index in [1.807, 2.05) is 5.32 Å². The van der Waals surface area contributed by atoms with E-state index < -0.39 is 119 Å². The van der Waals surface area contributed by atoms with Gasteiger partial charge in [0.05, 0.1) is 35.6 Å². The van der Waals surface area contributed by atoms with Crippen molar-refractivity contribution in [3.63, 3.8) is 0 Å². The van der Waals surface area contributed by atoms with Gasteiger partial charge in [0.1, 0.15) is 35.6 Å². The molecule has 0 spiro atoms. The Labute approximate surface area is 335 Å². The second-order valence-electron chi connectivity index (χ2n) is 17.1. The zero-order valence-corrected chi connectivity index (χ0v) is 34.3. The zero-order chi connectivity index (χ0) is 43.3. The molecule has 2 saturated carbocycles. The van der Waals surface area contributed by atoms with Crippen molar-refractivity contribution in [2.24, 2.45) is 16.7 Å². The molecule has 15 nitrogen and oxygen atoms in total. The molecule has 3 N–H and O–H groups in total. The fourth-order valence-corrected chi connectivity index (χ4v) is 9.43. The summed E-state index contributed by atoms with van der Waals surface area (Å²) < 4.78 is 68.5. The van der Waals surface area contributed by atoms with Crippen LogP contribution in [-0.4, -0.2) is 120 Å². The summed E-state index contributed by atoms with van der Waals surface area (Å²) in [5.74, 6) is -5.12. The van der Waals surface area contributed by atoms with Gasteiger partial charge in [-0.3, -0.25) is 9.59 Å². The van der Waals surface area contributed by atoms with E-state index >= 15 is 4.79 Å². The van der Waals surface area contributed by atoms with Gasteiger partial charge in [-0.15, -0.1) is 0 Å². The number of carbonyl (C=O) groups is 5. The van der Waals surface area contributed by atoms with Gasteiger partial charge in [0.15, 0.2) is 17.5 Å². The number of Topliss-reactive ketones (excluding diaryl/α,β-unsaturated/α-hetero) is 1. The van der Waals surface area contributed by atoms with Crippen LogP contribution < -0.4 is 5.32 Å². The van der Waals surface area contributed by atoms with Crippen LogP contribution in [0.4, 0.5) is 13.6 Å². The normalized spacial score (nSPS) is 33.7. The standard InChI is InChI=1S/C41H53F2NO14/c1-20-24(55-35(49)29(46)23(16-27(42)43)44-36(50)58-37(3,4)5)18-41(51)33(56-34(48)22-14-12-11-13-15-22)31-39(8,32(47)30(53-10)28(20)38(41,6)7)25(52-9)17-26-40(31,19-54-26)57-21(2)45/h11-16,23-26,29-31,33,46,51H,17-19H2,1-10H3,(H,44,50)/t23-,24-,25-,26+,29+,30+,31-,33-,39+,40-,41+/m0/s1. The number of halogens is 2. The molecule has 0 radical (unpaired) electrons. The number of ether oxygens (including phenoxy) is 7. The van der Waals surface area contributed by atoms with Gasteiger partial charge in [-0.25, -0.2) is 14.4 Å². The van der Waals surface area contributed by atoms with Gasteiger partial charge in [0, 0.05) is 45.5 Å². The first kappa shape index (κ1) is 44.8. The highest BCUT2D eigenvalue weighted by Gasteiger charge is 2.78. The first-order valence-electron chi connectivity index (χ1n) is 18.9. The largest absolute Gasteiger partial charge is 0.456 e. The molecule has 1 aromatic carbocycles. The number of esters is 3. The van der Waals surface area contributed by atoms with Crippen molar-refractivity contribution in [3.8, 4) is 0 Å². The third kappa shape index (κ3) is 7.67. The summed E-state index contributed by atoms with van der Waals surface area (Å²) >= 11 is 0. The molecule has 1 aromatic rings. The number of benzene rings is 1. The molecule has 1 saturated heterocycles. The Kier molecular flexibility index (Phi) is 12.4. The number of amides is 1. The molecule has 1 amide bonds. The maximum atomic E-state index is 15.4. The predicted octanol–water partition coefficient (Wildman–Crippen LogP) is 3.98. The topological polar surface area (TPSA) is 202 Å². The molecule has 0 aromatic heterocycles. The predicted molar refractivity (Wildman–Crippen MR) is 198 cm³/mol. The van der Waals surface area contributed by atoms with E-state index in [9.17, 15) is 38.2 Å². The first-order chi connectivity index (χ1) is 26.9. The van der Waals surface area contributed by atoms with E-state index in [1.165, 1.54) is 61.0 Å². The average Bonchev–Trinajstić information content (AvgIpc) is 3.12. The highest BCUT2D eigenvalue weighted by molar-refractivity contribution is 5.94. The number of nitrogens with one attached hydrogen (secondary N) is 1. The van der Waals surface area contributed by atoms with Gasteiger partial charge in [0.2, 0.25) is 0 Å². The number of alkyl carbamates (subject to hydrolysis) is 1. The van der Waals surface area contributed by atoms with Gasteiger partial charge >= 0.3 is 24.0 Å². The minimum absolute atomic E-state index is 0.0721. The number of rotatable bonds is 10. The van der Waals surface area contributed by atoms with E-state index in [1.54, 1.807) is 39.0 Å². The molecule has 3 aliphatic carbocycles. The Morgan fingerprint density at radius 1 is 1.03 bits per heavy atom. The molecule has 1 heterocycles. The van der Waals surface area contributed by atoms with Crippen molar-refractivity contribution >= 4 is 29.8 Å². The van der Waals surface area contributed by atoms with Crippen molar-refractivity contribution in [3.05, 3.63) is 59.2 Å². The molecule has 4 aliphatic rings. The molecule has 11 atom stereocenters. The Morgan fingerprint density at radius 3 is 2.19 bits per heavy atom. The van der Waals surface area contributed by atoms with E-state index in [2.05, 4.69) is 0 Å². The Morgan fingerprint density at radius 2 is 1.67 bits per heavy atom. The van der Waals surface area contributed by atoms with Crippen molar-refractivity contribution in [2.75, 3.05) is 20.8 Å². The van der Waals surface area contributed by atoms with Gasteiger partial charge < -0.3 is 48.7 Å². The molecule has 0 unspecified atom stereocenters.